The maximum absolute atomic E-state index is 6.47. The Kier molecular flexibility index (Phi) is 8.55. The highest BCUT2D eigenvalue weighted by Gasteiger charge is 2.46. The first-order valence-corrected chi connectivity index (χ1v) is 14.7. The Morgan fingerprint density at radius 2 is 1.15 bits per heavy atom. The second kappa shape index (κ2) is 11.9. The average Bonchev–Trinajstić information content (AvgIpc) is 3.84. The number of epoxide rings is 3. The number of ether oxygens (including phenoxy) is 6. The molecule has 0 aromatic heterocycles. The zero-order valence-corrected chi connectivity index (χ0v) is 23.9. The molecule has 0 spiro atoms. The lowest BCUT2D eigenvalue weighted by Gasteiger charge is -2.21. The van der Waals surface area contributed by atoms with Gasteiger partial charge in [0.25, 0.3) is 0 Å². The van der Waals surface area contributed by atoms with Gasteiger partial charge in [-0.1, -0.05) is 52.2 Å². The van der Waals surface area contributed by atoms with Crippen molar-refractivity contribution in [3.8, 4) is 28.4 Å². The van der Waals surface area contributed by atoms with Crippen molar-refractivity contribution < 1.29 is 28.4 Å². The summed E-state index contributed by atoms with van der Waals surface area (Å²) < 4.78 is 36.6. The SMILES string of the molecule is C=CCc1ccc(OCC2(CCC)CO2)c(-c2cc(OCC3(CCC)CO3)ccc2OCC2(CCC)CO2)c1. The summed E-state index contributed by atoms with van der Waals surface area (Å²) >= 11 is 0. The van der Waals surface area contributed by atoms with Gasteiger partial charge in [0.1, 0.15) is 53.9 Å². The molecule has 2 aromatic carbocycles. The molecular weight excluding hydrogens is 492 g/mol. The Balaban J connectivity index is 1.45. The Morgan fingerprint density at radius 1 is 0.692 bits per heavy atom. The van der Waals surface area contributed by atoms with Crippen LogP contribution < -0.4 is 14.2 Å². The molecule has 5 rings (SSSR count). The number of allylic oxidation sites excluding steroid dienone is 1. The van der Waals surface area contributed by atoms with Gasteiger partial charge in [0.15, 0.2) is 0 Å². The second-order valence-electron chi connectivity index (χ2n) is 11.5. The zero-order chi connectivity index (χ0) is 27.3. The van der Waals surface area contributed by atoms with Crippen molar-refractivity contribution >= 4 is 0 Å². The van der Waals surface area contributed by atoms with Crippen molar-refractivity contribution in [1.29, 1.82) is 0 Å². The highest BCUT2D eigenvalue weighted by molar-refractivity contribution is 5.77. The van der Waals surface area contributed by atoms with Crippen molar-refractivity contribution in [2.45, 2.75) is 82.5 Å². The summed E-state index contributed by atoms with van der Waals surface area (Å²) in [6.45, 7) is 14.3. The molecule has 0 saturated carbocycles. The van der Waals surface area contributed by atoms with Gasteiger partial charge in [-0.2, -0.15) is 0 Å². The summed E-state index contributed by atoms with van der Waals surface area (Å²) in [6.07, 6.45) is 8.89. The number of rotatable bonds is 18. The van der Waals surface area contributed by atoms with Crippen LogP contribution in [0.2, 0.25) is 0 Å². The Morgan fingerprint density at radius 3 is 1.62 bits per heavy atom. The monoisotopic (exact) mass is 536 g/mol. The fourth-order valence-electron chi connectivity index (χ4n) is 5.35. The van der Waals surface area contributed by atoms with E-state index in [1.807, 2.05) is 18.2 Å². The predicted molar refractivity (Wildman–Crippen MR) is 153 cm³/mol. The van der Waals surface area contributed by atoms with E-state index in [-0.39, 0.29) is 16.8 Å². The van der Waals surface area contributed by atoms with Crippen molar-refractivity contribution in [2.75, 3.05) is 39.6 Å². The summed E-state index contributed by atoms with van der Waals surface area (Å²) in [4.78, 5) is 0. The second-order valence-corrected chi connectivity index (χ2v) is 11.5. The maximum atomic E-state index is 6.47. The van der Waals surface area contributed by atoms with Gasteiger partial charge in [0, 0.05) is 11.1 Å². The quantitative estimate of drug-likeness (QED) is 0.152. The first-order valence-electron chi connectivity index (χ1n) is 14.7. The van der Waals surface area contributed by atoms with E-state index in [1.54, 1.807) is 0 Å². The molecule has 0 bridgehead atoms. The van der Waals surface area contributed by atoms with Crippen LogP contribution in [0.5, 0.6) is 17.2 Å². The van der Waals surface area contributed by atoms with E-state index in [0.717, 1.165) is 98.7 Å². The lowest BCUT2D eigenvalue weighted by Crippen LogP contribution is -2.22. The molecule has 39 heavy (non-hydrogen) atoms. The third-order valence-electron chi connectivity index (χ3n) is 7.92. The molecule has 3 unspecified atom stereocenters. The van der Waals surface area contributed by atoms with Gasteiger partial charge < -0.3 is 28.4 Å². The van der Waals surface area contributed by atoms with E-state index in [2.05, 4.69) is 51.6 Å². The molecule has 0 amide bonds. The topological polar surface area (TPSA) is 65.3 Å². The first kappa shape index (κ1) is 28.0. The van der Waals surface area contributed by atoms with E-state index in [0.29, 0.717) is 19.8 Å². The van der Waals surface area contributed by atoms with Crippen LogP contribution in [0, 0.1) is 0 Å². The molecule has 6 heteroatoms. The third-order valence-corrected chi connectivity index (χ3v) is 7.92. The number of hydrogen-bond donors (Lipinski definition) is 0. The van der Waals surface area contributed by atoms with Crippen LogP contribution in [0.4, 0.5) is 0 Å². The van der Waals surface area contributed by atoms with Gasteiger partial charge in [0.05, 0.1) is 19.8 Å². The fraction of sp³-hybridized carbons (Fsp3) is 0.576. The average molecular weight is 537 g/mol. The molecule has 3 atom stereocenters. The Labute approximate surface area is 233 Å². The van der Waals surface area contributed by atoms with E-state index in [9.17, 15) is 0 Å². The predicted octanol–water partition coefficient (Wildman–Crippen LogP) is 6.93. The molecule has 0 N–H and O–H groups in total. The maximum Gasteiger partial charge on any atom is 0.127 e. The molecule has 3 aliphatic heterocycles. The van der Waals surface area contributed by atoms with Gasteiger partial charge in [0.2, 0.25) is 0 Å². The lowest BCUT2D eigenvalue weighted by atomic mass is 9.98. The van der Waals surface area contributed by atoms with Crippen molar-refractivity contribution in [3.63, 3.8) is 0 Å². The van der Waals surface area contributed by atoms with Crippen LogP contribution in [-0.4, -0.2) is 56.4 Å². The van der Waals surface area contributed by atoms with Crippen LogP contribution in [0.15, 0.2) is 49.1 Å². The summed E-state index contributed by atoms with van der Waals surface area (Å²) in [7, 11) is 0. The highest BCUT2D eigenvalue weighted by atomic mass is 16.6. The van der Waals surface area contributed by atoms with Crippen LogP contribution in [0.1, 0.15) is 64.9 Å². The molecule has 6 nitrogen and oxygen atoms in total. The number of hydrogen-bond acceptors (Lipinski definition) is 6. The molecular formula is C33H44O6. The van der Waals surface area contributed by atoms with Gasteiger partial charge >= 0.3 is 0 Å². The van der Waals surface area contributed by atoms with Crippen molar-refractivity contribution in [3.05, 3.63) is 54.6 Å². The third kappa shape index (κ3) is 6.97. The van der Waals surface area contributed by atoms with E-state index >= 15 is 0 Å². The molecule has 3 heterocycles. The largest absolute Gasteiger partial charge is 0.490 e. The standard InChI is InChI=1S/C33H44O6/c1-5-9-25-10-12-29(35-20-32(15-7-3)23-38-32)27(17-25)28-18-26(34-19-31(14-6-2)22-37-31)11-13-30(28)36-21-33(16-8-4)24-39-33/h5,10-13,17-18H,1,6-9,14-16,19-24H2,2-4H3. The summed E-state index contributed by atoms with van der Waals surface area (Å²) in [6, 6.07) is 12.4. The minimum atomic E-state index is -0.170. The molecule has 3 saturated heterocycles. The van der Waals surface area contributed by atoms with Crippen molar-refractivity contribution in [2.24, 2.45) is 0 Å². The highest BCUT2D eigenvalue weighted by Crippen LogP contribution is 2.43. The minimum absolute atomic E-state index is 0.143. The van der Waals surface area contributed by atoms with Gasteiger partial charge in [-0.3, -0.25) is 0 Å². The van der Waals surface area contributed by atoms with E-state index in [1.165, 1.54) is 0 Å². The molecule has 0 radical (unpaired) electrons. The fourth-order valence-corrected chi connectivity index (χ4v) is 5.35. The van der Waals surface area contributed by atoms with Gasteiger partial charge in [-0.15, -0.1) is 6.58 Å². The van der Waals surface area contributed by atoms with Crippen LogP contribution in [0.25, 0.3) is 11.1 Å². The van der Waals surface area contributed by atoms with Crippen LogP contribution in [0.3, 0.4) is 0 Å². The van der Waals surface area contributed by atoms with Gasteiger partial charge in [-0.25, -0.2) is 0 Å². The summed E-state index contributed by atoms with van der Waals surface area (Å²) in [5.41, 5.74) is 2.62. The minimum Gasteiger partial charge on any atom is -0.490 e. The Hall–Kier alpha value is -2.54. The number of benzene rings is 2. The Bertz CT molecular complexity index is 1130. The first-order chi connectivity index (χ1) is 19.0. The summed E-state index contributed by atoms with van der Waals surface area (Å²) in [5, 5.41) is 0. The zero-order valence-electron chi connectivity index (χ0n) is 23.9. The molecule has 3 aliphatic rings. The van der Waals surface area contributed by atoms with E-state index < -0.39 is 0 Å². The van der Waals surface area contributed by atoms with E-state index in [4.69, 9.17) is 28.4 Å². The summed E-state index contributed by atoms with van der Waals surface area (Å²) in [5.74, 6) is 2.41. The molecule has 2 aromatic rings. The van der Waals surface area contributed by atoms with Crippen LogP contribution in [-0.2, 0) is 20.6 Å². The molecule has 0 aliphatic carbocycles. The van der Waals surface area contributed by atoms with Gasteiger partial charge in [-0.05, 0) is 61.6 Å². The smallest absolute Gasteiger partial charge is 0.127 e. The lowest BCUT2D eigenvalue weighted by molar-refractivity contribution is 0.176. The van der Waals surface area contributed by atoms with Crippen LogP contribution >= 0.6 is 0 Å². The molecule has 212 valence electrons. The van der Waals surface area contributed by atoms with Crippen molar-refractivity contribution in [1.82, 2.24) is 0 Å². The molecule has 3 fully saturated rings. The normalized spacial score (nSPS) is 26.6.